The second-order valence-electron chi connectivity index (χ2n) is 5.71. The number of amides is 3. The number of nitrogens with one attached hydrogen (secondary N) is 2. The average molecular weight is 339 g/mol. The van der Waals surface area contributed by atoms with Crippen LogP contribution in [0.2, 0.25) is 0 Å². The molecule has 2 aromatic carbocycles. The van der Waals surface area contributed by atoms with Gasteiger partial charge in [0.2, 0.25) is 17.7 Å². The minimum atomic E-state index is -0.525. The summed E-state index contributed by atoms with van der Waals surface area (Å²) in [6.45, 7) is 0.363. The molecule has 4 N–H and O–H groups in total. The van der Waals surface area contributed by atoms with E-state index in [4.69, 9.17) is 10.5 Å². The lowest BCUT2D eigenvalue weighted by Gasteiger charge is -2.10. The van der Waals surface area contributed by atoms with Crippen molar-refractivity contribution in [2.24, 2.45) is 11.7 Å². The van der Waals surface area contributed by atoms with Crippen molar-refractivity contribution >= 4 is 23.4 Å². The number of anilines is 1. The Balaban J connectivity index is 1.62. The summed E-state index contributed by atoms with van der Waals surface area (Å²) in [5.41, 5.74) is 6.22. The Bertz CT molecular complexity index is 817. The molecule has 0 aliphatic carbocycles. The first-order valence-corrected chi connectivity index (χ1v) is 7.76. The highest BCUT2D eigenvalue weighted by atomic mass is 16.5. The summed E-state index contributed by atoms with van der Waals surface area (Å²) >= 11 is 0. The number of benzene rings is 2. The monoisotopic (exact) mass is 339 g/mol. The number of carbonyl (C=O) groups excluding carboxylic acids is 3. The molecule has 1 fully saturated rings. The van der Waals surface area contributed by atoms with Crippen LogP contribution in [0.4, 0.5) is 5.69 Å². The van der Waals surface area contributed by atoms with E-state index < -0.39 is 5.91 Å². The zero-order valence-corrected chi connectivity index (χ0v) is 13.3. The molecule has 0 aromatic heterocycles. The maximum Gasteiger partial charge on any atom is 0.248 e. The van der Waals surface area contributed by atoms with Crippen LogP contribution < -0.4 is 21.1 Å². The topological polar surface area (TPSA) is 111 Å². The van der Waals surface area contributed by atoms with Crippen molar-refractivity contribution < 1.29 is 19.1 Å². The van der Waals surface area contributed by atoms with Gasteiger partial charge < -0.3 is 21.1 Å². The fraction of sp³-hybridized carbons (Fsp3) is 0.167. The lowest BCUT2D eigenvalue weighted by atomic mass is 10.1. The van der Waals surface area contributed by atoms with E-state index in [1.807, 2.05) is 0 Å². The van der Waals surface area contributed by atoms with Crippen molar-refractivity contribution in [3.63, 3.8) is 0 Å². The molecule has 7 nitrogen and oxygen atoms in total. The minimum absolute atomic E-state index is 0.109. The summed E-state index contributed by atoms with van der Waals surface area (Å²) in [6, 6.07) is 13.4. The van der Waals surface area contributed by atoms with E-state index in [1.54, 1.807) is 48.5 Å². The molecule has 0 radical (unpaired) electrons. The predicted molar refractivity (Wildman–Crippen MR) is 91.2 cm³/mol. The molecule has 25 heavy (non-hydrogen) atoms. The van der Waals surface area contributed by atoms with Crippen LogP contribution in [-0.2, 0) is 9.59 Å². The van der Waals surface area contributed by atoms with Crippen molar-refractivity contribution in [2.45, 2.75) is 6.42 Å². The Morgan fingerprint density at radius 2 is 1.88 bits per heavy atom. The quantitative estimate of drug-likeness (QED) is 0.769. The van der Waals surface area contributed by atoms with Crippen LogP contribution in [0.5, 0.6) is 11.5 Å². The molecular weight excluding hydrogens is 322 g/mol. The summed E-state index contributed by atoms with van der Waals surface area (Å²) in [5.74, 6) is -0.132. The van der Waals surface area contributed by atoms with Gasteiger partial charge in [0.1, 0.15) is 11.5 Å². The Morgan fingerprint density at radius 3 is 2.52 bits per heavy atom. The molecule has 2 aromatic rings. The lowest BCUT2D eigenvalue weighted by Crippen LogP contribution is -2.24. The third kappa shape index (κ3) is 4.14. The van der Waals surface area contributed by atoms with E-state index in [0.29, 0.717) is 29.3 Å². The van der Waals surface area contributed by atoms with Gasteiger partial charge in [-0.15, -0.1) is 0 Å². The number of rotatable bonds is 5. The number of ether oxygens (including phenoxy) is 1. The van der Waals surface area contributed by atoms with Gasteiger partial charge in [0.05, 0.1) is 5.92 Å². The average Bonchev–Trinajstić information content (AvgIpc) is 3.03. The summed E-state index contributed by atoms with van der Waals surface area (Å²) in [4.78, 5) is 34.4. The highest BCUT2D eigenvalue weighted by Crippen LogP contribution is 2.24. The fourth-order valence-electron chi connectivity index (χ4n) is 2.49. The molecule has 0 bridgehead atoms. The van der Waals surface area contributed by atoms with Gasteiger partial charge in [-0.2, -0.15) is 0 Å². The van der Waals surface area contributed by atoms with Crippen LogP contribution in [0.3, 0.4) is 0 Å². The highest BCUT2D eigenvalue weighted by molar-refractivity contribution is 5.97. The molecule has 1 aliphatic rings. The van der Waals surface area contributed by atoms with Crippen LogP contribution in [0.25, 0.3) is 0 Å². The zero-order chi connectivity index (χ0) is 17.8. The number of carbonyl (C=O) groups is 3. The van der Waals surface area contributed by atoms with Gasteiger partial charge in [-0.1, -0.05) is 6.07 Å². The van der Waals surface area contributed by atoms with Crippen LogP contribution in [0.1, 0.15) is 16.8 Å². The highest BCUT2D eigenvalue weighted by Gasteiger charge is 2.27. The van der Waals surface area contributed by atoms with E-state index in [9.17, 15) is 14.4 Å². The Labute approximate surface area is 144 Å². The predicted octanol–water partition coefficient (Wildman–Crippen LogP) is 1.65. The van der Waals surface area contributed by atoms with Gasteiger partial charge >= 0.3 is 0 Å². The molecule has 0 saturated carbocycles. The van der Waals surface area contributed by atoms with Crippen molar-refractivity contribution in [3.05, 3.63) is 54.1 Å². The second-order valence-corrected chi connectivity index (χ2v) is 5.71. The number of nitrogens with two attached hydrogens (primary N) is 1. The van der Waals surface area contributed by atoms with Crippen LogP contribution in [-0.4, -0.2) is 24.3 Å². The van der Waals surface area contributed by atoms with Gasteiger partial charge in [-0.05, 0) is 42.5 Å². The van der Waals surface area contributed by atoms with Crippen LogP contribution in [0, 0.1) is 5.92 Å². The SMILES string of the molecule is NC(=O)c1cccc(Oc2ccc(NC(=O)[C@H]3CNC(=O)C3)cc2)c1. The molecule has 1 heterocycles. The van der Waals surface area contributed by atoms with Crippen molar-refractivity contribution in [3.8, 4) is 11.5 Å². The molecular formula is C18H17N3O4. The normalized spacial score (nSPS) is 16.2. The molecule has 7 heteroatoms. The summed E-state index contributed by atoms with van der Waals surface area (Å²) < 4.78 is 5.67. The Morgan fingerprint density at radius 1 is 1.12 bits per heavy atom. The minimum Gasteiger partial charge on any atom is -0.457 e. The number of primary amides is 1. The first-order valence-electron chi connectivity index (χ1n) is 7.76. The van der Waals surface area contributed by atoms with Crippen molar-refractivity contribution in [2.75, 3.05) is 11.9 Å². The molecule has 0 spiro atoms. The molecule has 3 rings (SSSR count). The smallest absolute Gasteiger partial charge is 0.248 e. The maximum atomic E-state index is 12.1. The van der Waals surface area contributed by atoms with Gasteiger partial charge in [-0.3, -0.25) is 14.4 Å². The Kier molecular flexibility index (Phi) is 4.65. The van der Waals surface area contributed by atoms with E-state index in [1.165, 1.54) is 0 Å². The lowest BCUT2D eigenvalue weighted by molar-refractivity contribution is -0.123. The van der Waals surface area contributed by atoms with E-state index in [-0.39, 0.29) is 24.2 Å². The van der Waals surface area contributed by atoms with E-state index in [2.05, 4.69) is 10.6 Å². The number of hydrogen-bond acceptors (Lipinski definition) is 4. The molecule has 1 atom stereocenters. The summed E-state index contributed by atoms with van der Waals surface area (Å²) in [7, 11) is 0. The molecule has 3 amide bonds. The third-order valence-corrected chi connectivity index (χ3v) is 3.82. The van der Waals surface area contributed by atoms with Gasteiger partial charge in [0, 0.05) is 24.2 Å². The van der Waals surface area contributed by atoms with Crippen LogP contribution >= 0.6 is 0 Å². The van der Waals surface area contributed by atoms with E-state index >= 15 is 0 Å². The first-order chi connectivity index (χ1) is 12.0. The van der Waals surface area contributed by atoms with Gasteiger partial charge in [0.25, 0.3) is 0 Å². The van der Waals surface area contributed by atoms with Gasteiger partial charge in [-0.25, -0.2) is 0 Å². The maximum absolute atomic E-state index is 12.1. The zero-order valence-electron chi connectivity index (χ0n) is 13.3. The second kappa shape index (κ2) is 7.04. The molecule has 0 unspecified atom stereocenters. The Hall–Kier alpha value is -3.35. The molecule has 1 aliphatic heterocycles. The first kappa shape index (κ1) is 16.5. The largest absolute Gasteiger partial charge is 0.457 e. The number of hydrogen-bond donors (Lipinski definition) is 3. The summed E-state index contributed by atoms with van der Waals surface area (Å²) in [5, 5.41) is 5.40. The third-order valence-electron chi connectivity index (χ3n) is 3.82. The van der Waals surface area contributed by atoms with Crippen molar-refractivity contribution in [1.29, 1.82) is 0 Å². The fourth-order valence-corrected chi connectivity index (χ4v) is 2.49. The molecule has 128 valence electrons. The van der Waals surface area contributed by atoms with E-state index in [0.717, 1.165) is 0 Å². The van der Waals surface area contributed by atoms with Gasteiger partial charge in [0.15, 0.2) is 0 Å². The van der Waals surface area contributed by atoms with Crippen molar-refractivity contribution in [1.82, 2.24) is 5.32 Å². The van der Waals surface area contributed by atoms with Crippen LogP contribution in [0.15, 0.2) is 48.5 Å². The standard InChI is InChI=1S/C18H17N3O4/c19-17(23)11-2-1-3-15(8-11)25-14-6-4-13(5-7-14)21-18(24)12-9-16(22)20-10-12/h1-8,12H,9-10H2,(H2,19,23)(H,20,22)(H,21,24)/t12-/m1/s1. The summed E-state index contributed by atoms with van der Waals surface area (Å²) in [6.07, 6.45) is 0.212. The molecule has 1 saturated heterocycles.